The molecule has 3 aromatic rings. The predicted octanol–water partition coefficient (Wildman–Crippen LogP) is 3.55. The van der Waals surface area contributed by atoms with E-state index < -0.39 is 0 Å². The maximum Gasteiger partial charge on any atom is 0.273 e. The molecule has 5 heterocycles. The number of likely N-dealkylation sites (tertiary alicyclic amines) is 1. The largest absolute Gasteiger partial charge is 0.336 e. The van der Waals surface area contributed by atoms with E-state index in [1.165, 1.54) is 0 Å². The number of hydrogen-bond donors (Lipinski definition) is 0. The first-order chi connectivity index (χ1) is 14.5. The second-order valence-corrected chi connectivity index (χ2v) is 9.93. The first-order valence-corrected chi connectivity index (χ1v) is 11.4. The van der Waals surface area contributed by atoms with Gasteiger partial charge in [-0.05, 0) is 42.9 Å². The number of thiazole rings is 1. The van der Waals surface area contributed by atoms with Crippen molar-refractivity contribution < 1.29 is 4.79 Å². The number of rotatable bonds is 4. The number of pyridine rings is 1. The quantitative estimate of drug-likeness (QED) is 0.646. The van der Waals surface area contributed by atoms with Crippen LogP contribution >= 0.6 is 11.3 Å². The second-order valence-electron chi connectivity index (χ2n) is 8.86. The van der Waals surface area contributed by atoms with Crippen molar-refractivity contribution in [3.8, 4) is 5.13 Å². The third-order valence-corrected chi connectivity index (χ3v) is 7.17. The topological polar surface area (TPSA) is 60.1 Å². The molecule has 0 saturated carbocycles. The summed E-state index contributed by atoms with van der Waals surface area (Å²) >= 11 is 1.61. The summed E-state index contributed by atoms with van der Waals surface area (Å²) in [6.07, 6.45) is 5.81. The fourth-order valence-electron chi connectivity index (χ4n) is 4.80. The third kappa shape index (κ3) is 3.41. The van der Waals surface area contributed by atoms with Crippen LogP contribution in [0.25, 0.3) is 5.13 Å². The highest BCUT2D eigenvalue weighted by molar-refractivity contribution is 7.14. The Labute approximate surface area is 179 Å². The zero-order chi connectivity index (χ0) is 20.8. The smallest absolute Gasteiger partial charge is 0.273 e. The van der Waals surface area contributed by atoms with Gasteiger partial charge in [-0.2, -0.15) is 0 Å². The van der Waals surface area contributed by atoms with Gasteiger partial charge in [0.1, 0.15) is 5.69 Å². The molecule has 1 saturated heterocycles. The van der Waals surface area contributed by atoms with Gasteiger partial charge in [0.2, 0.25) is 0 Å². The number of nitrogens with zero attached hydrogens (tertiary/aromatic N) is 4. The van der Waals surface area contributed by atoms with Gasteiger partial charge < -0.3 is 14.0 Å². The van der Waals surface area contributed by atoms with E-state index in [-0.39, 0.29) is 17.4 Å². The second kappa shape index (κ2) is 7.54. The summed E-state index contributed by atoms with van der Waals surface area (Å²) in [5.41, 5.74) is 1.73. The van der Waals surface area contributed by atoms with Gasteiger partial charge in [0.05, 0.1) is 0 Å². The van der Waals surface area contributed by atoms with Gasteiger partial charge >= 0.3 is 0 Å². The average Bonchev–Trinajstić information content (AvgIpc) is 3.38. The summed E-state index contributed by atoms with van der Waals surface area (Å²) < 4.78 is 3.87. The number of fused-ring (bicyclic) bond motifs is 4. The summed E-state index contributed by atoms with van der Waals surface area (Å²) in [4.78, 5) is 33.7. The van der Waals surface area contributed by atoms with E-state index in [2.05, 4.69) is 13.8 Å². The van der Waals surface area contributed by atoms with Gasteiger partial charge in [0.25, 0.3) is 11.5 Å². The lowest BCUT2D eigenvalue weighted by Crippen LogP contribution is -2.49. The van der Waals surface area contributed by atoms with Crippen molar-refractivity contribution in [1.29, 1.82) is 0 Å². The van der Waals surface area contributed by atoms with Crippen molar-refractivity contribution in [3.05, 3.63) is 69.3 Å². The van der Waals surface area contributed by atoms with E-state index in [0.29, 0.717) is 37.2 Å². The third-order valence-electron chi connectivity index (χ3n) is 6.07. The molecule has 2 bridgehead atoms. The molecule has 30 heavy (non-hydrogen) atoms. The Balaban J connectivity index is 1.46. The molecular formula is C23H26N4O2S. The molecule has 5 rings (SSSR count). The molecule has 1 fully saturated rings. The fraction of sp³-hybridized carbons (Fsp3) is 0.435. The Hall–Kier alpha value is -2.67. The molecule has 6 nitrogen and oxygen atoms in total. The number of aromatic nitrogens is 3. The number of amides is 1. The van der Waals surface area contributed by atoms with Crippen molar-refractivity contribution in [1.82, 2.24) is 19.0 Å². The Morgan fingerprint density at radius 2 is 1.97 bits per heavy atom. The molecule has 0 spiro atoms. The van der Waals surface area contributed by atoms with E-state index in [0.717, 1.165) is 28.5 Å². The Kier molecular flexibility index (Phi) is 4.85. The van der Waals surface area contributed by atoms with E-state index >= 15 is 0 Å². The lowest BCUT2D eigenvalue weighted by molar-refractivity contribution is 0.0588. The first kappa shape index (κ1) is 19.3. The predicted molar refractivity (Wildman–Crippen MR) is 117 cm³/mol. The SMILES string of the molecule is CC(C)Cc1sc(-n2cccc2)nc1C(=O)N1C[C@H]2C[C@@H](C1)c1cccc(=O)n1C2. The van der Waals surface area contributed by atoms with Crippen LogP contribution in [0.3, 0.4) is 0 Å². The van der Waals surface area contributed by atoms with Crippen LogP contribution in [0.5, 0.6) is 0 Å². The molecule has 2 aliphatic rings. The van der Waals surface area contributed by atoms with E-state index in [9.17, 15) is 9.59 Å². The van der Waals surface area contributed by atoms with Crippen molar-refractivity contribution in [2.75, 3.05) is 13.1 Å². The highest BCUT2D eigenvalue weighted by atomic mass is 32.1. The summed E-state index contributed by atoms with van der Waals surface area (Å²) in [6.45, 7) is 6.37. The van der Waals surface area contributed by atoms with E-state index in [1.54, 1.807) is 17.4 Å². The minimum Gasteiger partial charge on any atom is -0.336 e. The molecule has 156 valence electrons. The molecule has 7 heteroatoms. The van der Waals surface area contributed by atoms with Gasteiger partial charge in [-0.15, -0.1) is 11.3 Å². The van der Waals surface area contributed by atoms with Gasteiger partial charge in [0, 0.05) is 54.6 Å². The van der Waals surface area contributed by atoms with Gasteiger partial charge in [-0.1, -0.05) is 19.9 Å². The Morgan fingerprint density at radius 1 is 1.17 bits per heavy atom. The number of carbonyl (C=O) groups is 1. The van der Waals surface area contributed by atoms with Crippen molar-refractivity contribution in [2.45, 2.75) is 39.2 Å². The van der Waals surface area contributed by atoms with E-state index in [1.807, 2.05) is 50.7 Å². The summed E-state index contributed by atoms with van der Waals surface area (Å²) in [7, 11) is 0. The van der Waals surface area contributed by atoms with E-state index in [4.69, 9.17) is 4.98 Å². The van der Waals surface area contributed by atoms with Crippen molar-refractivity contribution >= 4 is 17.2 Å². The van der Waals surface area contributed by atoms with Gasteiger partial charge in [-0.25, -0.2) is 4.98 Å². The van der Waals surface area contributed by atoms with Gasteiger partial charge in [0.15, 0.2) is 5.13 Å². The average molecular weight is 423 g/mol. The first-order valence-electron chi connectivity index (χ1n) is 10.6. The zero-order valence-electron chi connectivity index (χ0n) is 17.3. The highest BCUT2D eigenvalue weighted by Gasteiger charge is 2.37. The summed E-state index contributed by atoms with van der Waals surface area (Å²) in [5.74, 6) is 1.01. The van der Waals surface area contributed by atoms with Crippen LogP contribution in [0.4, 0.5) is 0 Å². The Bertz CT molecular complexity index is 1130. The maximum atomic E-state index is 13.6. The molecule has 2 aliphatic heterocycles. The Morgan fingerprint density at radius 3 is 2.73 bits per heavy atom. The summed E-state index contributed by atoms with van der Waals surface area (Å²) in [6, 6.07) is 9.43. The van der Waals surface area contributed by atoms with Crippen LogP contribution in [0, 0.1) is 11.8 Å². The van der Waals surface area contributed by atoms with Crippen LogP contribution in [-0.4, -0.2) is 38.0 Å². The van der Waals surface area contributed by atoms with Crippen LogP contribution < -0.4 is 5.56 Å². The molecule has 0 N–H and O–H groups in total. The lowest BCUT2D eigenvalue weighted by atomic mass is 9.83. The minimum absolute atomic E-state index is 0.0294. The van der Waals surface area contributed by atoms with Gasteiger partial charge in [-0.3, -0.25) is 9.59 Å². The standard InChI is InChI=1S/C23H26N4O2S/c1-15(2)10-19-21(24-23(30-19)25-8-3-4-9-25)22(29)26-12-16-11-17(14-26)18-6-5-7-20(28)27(18)13-16/h3-9,15-17H,10-14H2,1-2H3/t16-,17+/m1/s1. The fourth-order valence-corrected chi connectivity index (χ4v) is 6.03. The molecule has 2 atom stereocenters. The van der Waals surface area contributed by atoms with Crippen LogP contribution in [0.1, 0.15) is 47.2 Å². The van der Waals surface area contributed by atoms with Crippen LogP contribution in [-0.2, 0) is 13.0 Å². The molecule has 0 unspecified atom stereocenters. The van der Waals surface area contributed by atoms with Crippen LogP contribution in [0.15, 0.2) is 47.5 Å². The van der Waals surface area contributed by atoms with Crippen molar-refractivity contribution in [3.63, 3.8) is 0 Å². The number of carbonyl (C=O) groups excluding carboxylic acids is 1. The molecule has 1 amide bonds. The molecule has 0 radical (unpaired) electrons. The number of hydrogen-bond acceptors (Lipinski definition) is 4. The molecule has 3 aromatic heterocycles. The van der Waals surface area contributed by atoms with Crippen molar-refractivity contribution in [2.24, 2.45) is 11.8 Å². The normalized spacial score (nSPS) is 20.4. The van der Waals surface area contributed by atoms with Crippen LogP contribution in [0.2, 0.25) is 0 Å². The molecule has 0 aromatic carbocycles. The lowest BCUT2D eigenvalue weighted by Gasteiger charge is -2.42. The zero-order valence-corrected chi connectivity index (χ0v) is 18.1. The molecular weight excluding hydrogens is 396 g/mol. The number of piperidine rings is 1. The monoisotopic (exact) mass is 422 g/mol. The maximum absolute atomic E-state index is 13.6. The summed E-state index contributed by atoms with van der Waals surface area (Å²) in [5, 5.41) is 0.841. The minimum atomic E-state index is 0.0294. The highest BCUT2D eigenvalue weighted by Crippen LogP contribution is 2.36. The molecule has 0 aliphatic carbocycles.